The van der Waals surface area contributed by atoms with Gasteiger partial charge in [-0.2, -0.15) is 0 Å². The van der Waals surface area contributed by atoms with Gasteiger partial charge in [-0.25, -0.2) is 0 Å². The van der Waals surface area contributed by atoms with Gasteiger partial charge in [-0.15, -0.1) is 0 Å². The molecule has 1 saturated carbocycles. The lowest BCUT2D eigenvalue weighted by atomic mass is 9.97. The number of nitrogens with one attached hydrogen (secondary N) is 2. The fourth-order valence-electron chi connectivity index (χ4n) is 6.32. The average molecular weight is 630 g/mol. The third-order valence-corrected chi connectivity index (χ3v) is 8.85. The van der Waals surface area contributed by atoms with Crippen LogP contribution >= 0.6 is 0 Å². The maximum atomic E-state index is 12.8. The minimum absolute atomic E-state index is 0.0308. The third kappa shape index (κ3) is 11.8. The first-order chi connectivity index (χ1) is 21.1. The van der Waals surface area contributed by atoms with Crippen molar-refractivity contribution in [2.45, 2.75) is 140 Å². The zero-order valence-corrected chi connectivity index (χ0v) is 26.4. The van der Waals surface area contributed by atoms with Crippen molar-refractivity contribution in [3.05, 3.63) is 0 Å². The number of ether oxygens (including phenoxy) is 3. The smallest absolute Gasteiger partial charge is 0.222 e. The molecule has 7 unspecified atom stereocenters. The summed E-state index contributed by atoms with van der Waals surface area (Å²) in [4.78, 5) is 38.3. The standard InChI is InChI=1S/C31H55N3O10/c1-20-11-12-24(15-20)43-19-22-16-23(37)17-34(22)27(39)10-6-3-7-13-32-26(38)9-5-4-8-14-42-31-28(33-21(2)36)30(41)29(40)25(18-35)44-31/h20,22-25,28-31,35,37,40-41H,3-19H2,1-2H3,(H,32,38)(H,33,36)/t20?,22-,23+,24?,25?,28?,29?,30?,31?/m0/s1. The van der Waals surface area contributed by atoms with Gasteiger partial charge in [0.05, 0.1) is 31.5 Å². The number of aliphatic hydroxyl groups excluding tert-OH is 4. The zero-order chi connectivity index (χ0) is 32.1. The van der Waals surface area contributed by atoms with Gasteiger partial charge in [0.15, 0.2) is 6.29 Å². The van der Waals surface area contributed by atoms with E-state index in [9.17, 15) is 34.8 Å². The molecule has 3 aliphatic rings. The van der Waals surface area contributed by atoms with Crippen LogP contribution in [-0.4, -0.2) is 125 Å². The van der Waals surface area contributed by atoms with Crippen LogP contribution in [0.15, 0.2) is 0 Å². The normalized spacial score (nSPS) is 32.1. The first-order valence-corrected chi connectivity index (χ1v) is 16.5. The van der Waals surface area contributed by atoms with Gasteiger partial charge < -0.3 is 50.2 Å². The second-order valence-corrected chi connectivity index (χ2v) is 12.7. The molecule has 3 fully saturated rings. The van der Waals surface area contributed by atoms with Crippen molar-refractivity contribution in [2.75, 3.05) is 32.9 Å². The number of nitrogens with zero attached hydrogens (tertiary/aromatic N) is 1. The summed E-state index contributed by atoms with van der Waals surface area (Å²) in [5, 5.41) is 45.3. The van der Waals surface area contributed by atoms with Crippen molar-refractivity contribution in [2.24, 2.45) is 5.92 Å². The van der Waals surface area contributed by atoms with Crippen molar-refractivity contribution in [3.8, 4) is 0 Å². The number of amides is 3. The molecule has 13 heteroatoms. The Hall–Kier alpha value is -1.87. The van der Waals surface area contributed by atoms with Crippen LogP contribution in [0.4, 0.5) is 0 Å². The first-order valence-electron chi connectivity index (χ1n) is 16.5. The lowest BCUT2D eigenvalue weighted by Gasteiger charge is -2.42. The maximum absolute atomic E-state index is 12.8. The third-order valence-electron chi connectivity index (χ3n) is 8.85. The maximum Gasteiger partial charge on any atom is 0.222 e. The quantitative estimate of drug-likeness (QED) is 0.116. The lowest BCUT2D eigenvalue weighted by Crippen LogP contribution is -2.64. The summed E-state index contributed by atoms with van der Waals surface area (Å²) in [5.41, 5.74) is 0. The van der Waals surface area contributed by atoms with Gasteiger partial charge in [0.2, 0.25) is 17.7 Å². The number of rotatable bonds is 18. The van der Waals surface area contributed by atoms with Crippen LogP contribution < -0.4 is 10.6 Å². The molecular formula is C31H55N3O10. The molecule has 0 spiro atoms. The highest BCUT2D eigenvalue weighted by atomic mass is 16.7. The lowest BCUT2D eigenvalue weighted by molar-refractivity contribution is -0.270. The van der Waals surface area contributed by atoms with Gasteiger partial charge in [0.1, 0.15) is 24.4 Å². The molecule has 3 rings (SSSR count). The second-order valence-electron chi connectivity index (χ2n) is 12.7. The van der Waals surface area contributed by atoms with Crippen LogP contribution in [0, 0.1) is 5.92 Å². The number of likely N-dealkylation sites (tertiary alicyclic amines) is 1. The van der Waals surface area contributed by atoms with Crippen molar-refractivity contribution >= 4 is 17.7 Å². The van der Waals surface area contributed by atoms with E-state index >= 15 is 0 Å². The van der Waals surface area contributed by atoms with E-state index < -0.39 is 49.3 Å². The van der Waals surface area contributed by atoms with Gasteiger partial charge in [0.25, 0.3) is 0 Å². The van der Waals surface area contributed by atoms with Crippen LogP contribution in [0.5, 0.6) is 0 Å². The predicted molar refractivity (Wildman–Crippen MR) is 160 cm³/mol. The summed E-state index contributed by atoms with van der Waals surface area (Å²) in [6.07, 6.45) is 4.09. The molecule has 6 N–H and O–H groups in total. The van der Waals surface area contributed by atoms with Crippen molar-refractivity contribution < 1.29 is 49.0 Å². The first kappa shape index (κ1) is 36.6. The Labute approximate surface area is 261 Å². The summed E-state index contributed by atoms with van der Waals surface area (Å²) >= 11 is 0. The monoisotopic (exact) mass is 629 g/mol. The van der Waals surface area contributed by atoms with Crippen LogP contribution in [0.3, 0.4) is 0 Å². The average Bonchev–Trinajstić information content (AvgIpc) is 3.58. The Kier molecular flexibility index (Phi) is 15.8. The second kappa shape index (κ2) is 18.9. The Morgan fingerprint density at radius 3 is 2.39 bits per heavy atom. The highest BCUT2D eigenvalue weighted by Crippen LogP contribution is 2.29. The fourth-order valence-corrected chi connectivity index (χ4v) is 6.32. The SMILES string of the molecule is CC(=O)NC1C(OCCCCCC(=O)NCCCCCC(=O)N2C[C@H](O)C[C@H]2COC2CCC(C)C2)OC(CO)C(O)C1O. The minimum atomic E-state index is -1.36. The highest BCUT2D eigenvalue weighted by molar-refractivity contribution is 5.77. The largest absolute Gasteiger partial charge is 0.394 e. The summed E-state index contributed by atoms with van der Waals surface area (Å²) in [6, 6.07) is -1.02. The summed E-state index contributed by atoms with van der Waals surface area (Å²) < 4.78 is 17.3. The van der Waals surface area contributed by atoms with Crippen LogP contribution in [0.1, 0.15) is 90.9 Å². The molecule has 254 valence electrons. The van der Waals surface area contributed by atoms with E-state index in [1.165, 1.54) is 13.3 Å². The molecule has 2 saturated heterocycles. The van der Waals surface area contributed by atoms with E-state index in [-0.39, 0.29) is 30.6 Å². The molecule has 13 nitrogen and oxygen atoms in total. The molecule has 2 aliphatic heterocycles. The number of unbranched alkanes of at least 4 members (excludes halogenated alkanes) is 4. The zero-order valence-electron chi connectivity index (χ0n) is 26.4. The van der Waals surface area contributed by atoms with Gasteiger partial charge in [-0.05, 0) is 57.3 Å². The molecule has 3 amide bonds. The van der Waals surface area contributed by atoms with Gasteiger partial charge in [-0.1, -0.05) is 19.8 Å². The van der Waals surface area contributed by atoms with Crippen molar-refractivity contribution in [1.29, 1.82) is 0 Å². The van der Waals surface area contributed by atoms with E-state index in [1.54, 1.807) is 4.90 Å². The number of hydrogen-bond acceptors (Lipinski definition) is 10. The van der Waals surface area contributed by atoms with E-state index in [0.29, 0.717) is 57.7 Å². The highest BCUT2D eigenvalue weighted by Gasteiger charge is 2.45. The number of carbonyl (C=O) groups excluding carboxylic acids is 3. The molecule has 9 atom stereocenters. The predicted octanol–water partition coefficient (Wildman–Crippen LogP) is 0.351. The van der Waals surface area contributed by atoms with Crippen LogP contribution in [0.2, 0.25) is 0 Å². The Balaban J connectivity index is 1.20. The summed E-state index contributed by atoms with van der Waals surface area (Å²) in [6.45, 7) is 4.70. The Morgan fingerprint density at radius 2 is 1.68 bits per heavy atom. The summed E-state index contributed by atoms with van der Waals surface area (Å²) in [5.74, 6) is 0.308. The van der Waals surface area contributed by atoms with E-state index in [0.717, 1.165) is 38.5 Å². The minimum Gasteiger partial charge on any atom is -0.394 e. The molecule has 0 bridgehead atoms. The molecule has 0 aromatic heterocycles. The molecule has 0 aromatic carbocycles. The van der Waals surface area contributed by atoms with Crippen molar-refractivity contribution in [1.82, 2.24) is 15.5 Å². The van der Waals surface area contributed by atoms with Crippen LogP contribution in [0.25, 0.3) is 0 Å². The molecule has 1 aliphatic carbocycles. The Morgan fingerprint density at radius 1 is 0.932 bits per heavy atom. The Bertz CT molecular complexity index is 895. The number of aliphatic hydroxyl groups is 4. The molecule has 0 aromatic rings. The van der Waals surface area contributed by atoms with Gasteiger partial charge >= 0.3 is 0 Å². The topological polar surface area (TPSA) is 187 Å². The molecular weight excluding hydrogens is 574 g/mol. The molecule has 2 heterocycles. The van der Waals surface area contributed by atoms with Crippen molar-refractivity contribution in [3.63, 3.8) is 0 Å². The van der Waals surface area contributed by atoms with E-state index in [2.05, 4.69) is 17.6 Å². The molecule has 0 radical (unpaired) electrons. The van der Waals surface area contributed by atoms with E-state index in [1.807, 2.05) is 0 Å². The van der Waals surface area contributed by atoms with Gasteiger partial charge in [-0.3, -0.25) is 14.4 Å². The summed E-state index contributed by atoms with van der Waals surface area (Å²) in [7, 11) is 0. The van der Waals surface area contributed by atoms with Gasteiger partial charge in [0, 0.05) is 39.5 Å². The number of β-amino-alcohol motifs (C(OH)–C–C–N with tert-alkyl or cyclic N) is 1. The molecule has 44 heavy (non-hydrogen) atoms. The number of hydrogen-bond donors (Lipinski definition) is 6. The number of carbonyl (C=O) groups is 3. The fraction of sp³-hybridized carbons (Fsp3) is 0.903. The van der Waals surface area contributed by atoms with Crippen LogP contribution in [-0.2, 0) is 28.6 Å². The van der Waals surface area contributed by atoms with E-state index in [4.69, 9.17) is 14.2 Å².